The van der Waals surface area contributed by atoms with Crippen LogP contribution in [0.15, 0.2) is 53.1 Å². The van der Waals surface area contributed by atoms with Crippen molar-refractivity contribution in [2.75, 3.05) is 0 Å². The predicted octanol–water partition coefficient (Wildman–Crippen LogP) is 3.27. The zero-order valence-corrected chi connectivity index (χ0v) is 14.4. The van der Waals surface area contributed by atoms with Gasteiger partial charge in [-0.2, -0.15) is 4.98 Å². The van der Waals surface area contributed by atoms with Gasteiger partial charge in [-0.3, -0.25) is 4.79 Å². The number of hydrogen-bond donors (Lipinski definition) is 1. The van der Waals surface area contributed by atoms with Gasteiger partial charge in [0, 0.05) is 5.56 Å². The summed E-state index contributed by atoms with van der Waals surface area (Å²) in [5.41, 5.74) is 1.98. The fraction of sp³-hybridized carbons (Fsp3) is 0.211. The van der Waals surface area contributed by atoms with Crippen LogP contribution in [0.4, 0.5) is 4.39 Å². The molecule has 1 atom stereocenters. The Balaban J connectivity index is 1.54. The molecule has 7 heteroatoms. The molecule has 0 radical (unpaired) electrons. The van der Waals surface area contributed by atoms with Crippen LogP contribution < -0.4 is 10.1 Å². The quantitative estimate of drug-likeness (QED) is 0.734. The molecule has 0 aliphatic rings. The van der Waals surface area contributed by atoms with E-state index in [0.717, 1.165) is 11.1 Å². The van der Waals surface area contributed by atoms with Gasteiger partial charge < -0.3 is 14.6 Å². The Morgan fingerprint density at radius 2 is 1.88 bits per heavy atom. The number of benzene rings is 2. The van der Waals surface area contributed by atoms with Crippen molar-refractivity contribution in [3.8, 4) is 17.1 Å². The summed E-state index contributed by atoms with van der Waals surface area (Å²) in [6.07, 6.45) is -0.750. The van der Waals surface area contributed by atoms with E-state index in [0.29, 0.717) is 17.5 Å². The molecule has 0 spiro atoms. The minimum Gasteiger partial charge on any atom is -0.481 e. The molecule has 0 bridgehead atoms. The molecular formula is C19H18FN3O3. The lowest BCUT2D eigenvalue weighted by molar-refractivity contribution is -0.127. The van der Waals surface area contributed by atoms with Gasteiger partial charge in [-0.05, 0) is 38.1 Å². The molecule has 2 aromatic carbocycles. The lowest BCUT2D eigenvalue weighted by atomic mass is 10.1. The van der Waals surface area contributed by atoms with Gasteiger partial charge in [0.25, 0.3) is 5.91 Å². The highest BCUT2D eigenvalue weighted by atomic mass is 19.1. The molecule has 0 saturated carbocycles. The number of ether oxygens (including phenoxy) is 1. The summed E-state index contributed by atoms with van der Waals surface area (Å²) in [6, 6.07) is 13.2. The fourth-order valence-corrected chi connectivity index (χ4v) is 2.22. The number of aromatic nitrogens is 2. The van der Waals surface area contributed by atoms with Gasteiger partial charge in [-0.1, -0.05) is 35.0 Å². The number of hydrogen-bond acceptors (Lipinski definition) is 5. The number of amides is 1. The summed E-state index contributed by atoms with van der Waals surface area (Å²) < 4.78 is 23.5. The first kappa shape index (κ1) is 17.6. The van der Waals surface area contributed by atoms with Crippen LogP contribution in [0.25, 0.3) is 11.4 Å². The summed E-state index contributed by atoms with van der Waals surface area (Å²) in [6.45, 7) is 3.69. The van der Waals surface area contributed by atoms with Crippen LogP contribution in [0.5, 0.6) is 5.75 Å². The third-order valence-corrected chi connectivity index (χ3v) is 3.69. The second kappa shape index (κ2) is 7.77. The first-order valence-electron chi connectivity index (χ1n) is 8.11. The van der Waals surface area contributed by atoms with Crippen molar-refractivity contribution >= 4 is 5.91 Å². The van der Waals surface area contributed by atoms with Crippen LogP contribution >= 0.6 is 0 Å². The predicted molar refractivity (Wildman–Crippen MR) is 92.8 cm³/mol. The first-order chi connectivity index (χ1) is 12.5. The van der Waals surface area contributed by atoms with E-state index < -0.39 is 6.10 Å². The van der Waals surface area contributed by atoms with Crippen molar-refractivity contribution in [2.24, 2.45) is 0 Å². The Labute approximate surface area is 150 Å². The van der Waals surface area contributed by atoms with Gasteiger partial charge >= 0.3 is 0 Å². The Morgan fingerprint density at radius 1 is 1.19 bits per heavy atom. The lowest BCUT2D eigenvalue weighted by Gasteiger charge is -2.13. The summed E-state index contributed by atoms with van der Waals surface area (Å²) in [7, 11) is 0. The van der Waals surface area contributed by atoms with Crippen LogP contribution in [0.2, 0.25) is 0 Å². The molecule has 3 aromatic rings. The molecule has 1 unspecified atom stereocenters. The van der Waals surface area contributed by atoms with E-state index in [9.17, 15) is 9.18 Å². The molecule has 26 heavy (non-hydrogen) atoms. The van der Waals surface area contributed by atoms with Gasteiger partial charge in [0.15, 0.2) is 6.10 Å². The Hall–Kier alpha value is -3.22. The maximum atomic E-state index is 12.9. The molecule has 1 aromatic heterocycles. The van der Waals surface area contributed by atoms with E-state index in [1.165, 1.54) is 24.3 Å². The van der Waals surface area contributed by atoms with Crippen LogP contribution in [-0.2, 0) is 11.3 Å². The number of rotatable bonds is 6. The molecule has 0 aliphatic heterocycles. The Kier molecular flexibility index (Phi) is 5.26. The number of aryl methyl sites for hydroxylation is 1. The molecule has 1 amide bonds. The number of carbonyl (C=O) groups excluding carboxylic acids is 1. The SMILES string of the molecule is Cc1ccc(-c2noc(CNC(=O)C(C)Oc3ccc(F)cc3)n2)cc1. The van der Waals surface area contributed by atoms with Gasteiger partial charge in [-0.25, -0.2) is 4.39 Å². The summed E-state index contributed by atoms with van der Waals surface area (Å²) in [4.78, 5) is 16.4. The van der Waals surface area contributed by atoms with Crippen LogP contribution in [-0.4, -0.2) is 22.2 Å². The summed E-state index contributed by atoms with van der Waals surface area (Å²) >= 11 is 0. The van der Waals surface area contributed by atoms with Crippen molar-refractivity contribution in [3.05, 3.63) is 65.8 Å². The maximum absolute atomic E-state index is 12.9. The molecular weight excluding hydrogens is 337 g/mol. The normalized spacial score (nSPS) is 11.8. The van der Waals surface area contributed by atoms with E-state index in [1.54, 1.807) is 6.92 Å². The maximum Gasteiger partial charge on any atom is 0.261 e. The van der Waals surface area contributed by atoms with Crippen LogP contribution in [0.1, 0.15) is 18.4 Å². The van der Waals surface area contributed by atoms with E-state index in [4.69, 9.17) is 9.26 Å². The number of nitrogens with zero attached hydrogens (tertiary/aromatic N) is 2. The zero-order valence-electron chi connectivity index (χ0n) is 14.4. The third-order valence-electron chi connectivity index (χ3n) is 3.69. The molecule has 0 saturated heterocycles. The van der Waals surface area contributed by atoms with Gasteiger partial charge in [0.05, 0.1) is 6.54 Å². The molecule has 1 heterocycles. The summed E-state index contributed by atoms with van der Waals surface area (Å²) in [5, 5.41) is 6.58. The minimum atomic E-state index is -0.750. The second-order valence-electron chi connectivity index (χ2n) is 5.81. The Morgan fingerprint density at radius 3 is 2.58 bits per heavy atom. The van der Waals surface area contributed by atoms with E-state index in [-0.39, 0.29) is 18.3 Å². The average molecular weight is 355 g/mol. The first-order valence-corrected chi connectivity index (χ1v) is 8.11. The second-order valence-corrected chi connectivity index (χ2v) is 5.81. The van der Waals surface area contributed by atoms with Crippen molar-refractivity contribution < 1.29 is 18.4 Å². The number of halogens is 1. The smallest absolute Gasteiger partial charge is 0.261 e. The molecule has 0 aliphatic carbocycles. The molecule has 1 N–H and O–H groups in total. The molecule has 6 nitrogen and oxygen atoms in total. The standard InChI is InChI=1S/C19H18FN3O3/c1-12-3-5-14(6-4-12)18-22-17(26-23-18)11-21-19(24)13(2)25-16-9-7-15(20)8-10-16/h3-10,13H,11H2,1-2H3,(H,21,24). The highest BCUT2D eigenvalue weighted by molar-refractivity contribution is 5.80. The van der Waals surface area contributed by atoms with E-state index >= 15 is 0 Å². The van der Waals surface area contributed by atoms with E-state index in [2.05, 4.69) is 15.5 Å². The van der Waals surface area contributed by atoms with Crippen molar-refractivity contribution in [1.82, 2.24) is 15.5 Å². The lowest BCUT2D eigenvalue weighted by Crippen LogP contribution is -2.35. The average Bonchev–Trinajstić information content (AvgIpc) is 3.11. The molecule has 3 rings (SSSR count). The van der Waals surface area contributed by atoms with E-state index in [1.807, 2.05) is 31.2 Å². The molecule has 0 fully saturated rings. The monoisotopic (exact) mass is 355 g/mol. The van der Waals surface area contributed by atoms with Gasteiger partial charge in [0.1, 0.15) is 11.6 Å². The fourth-order valence-electron chi connectivity index (χ4n) is 2.22. The highest BCUT2D eigenvalue weighted by Gasteiger charge is 2.16. The zero-order chi connectivity index (χ0) is 18.5. The highest BCUT2D eigenvalue weighted by Crippen LogP contribution is 2.16. The Bertz CT molecular complexity index is 876. The van der Waals surface area contributed by atoms with Gasteiger partial charge in [0.2, 0.25) is 11.7 Å². The number of nitrogens with one attached hydrogen (secondary N) is 1. The molecule has 134 valence electrons. The number of carbonyl (C=O) groups is 1. The largest absolute Gasteiger partial charge is 0.481 e. The topological polar surface area (TPSA) is 77.2 Å². The minimum absolute atomic E-state index is 0.0921. The van der Waals surface area contributed by atoms with Crippen molar-refractivity contribution in [3.63, 3.8) is 0 Å². The van der Waals surface area contributed by atoms with Crippen LogP contribution in [0, 0.1) is 12.7 Å². The third kappa shape index (κ3) is 4.44. The van der Waals surface area contributed by atoms with Crippen LogP contribution in [0.3, 0.4) is 0 Å². The summed E-state index contributed by atoms with van der Waals surface area (Å²) in [5.74, 6) is 0.459. The van der Waals surface area contributed by atoms with Gasteiger partial charge in [-0.15, -0.1) is 0 Å². The van der Waals surface area contributed by atoms with Crippen molar-refractivity contribution in [1.29, 1.82) is 0 Å². The van der Waals surface area contributed by atoms with Crippen molar-refractivity contribution in [2.45, 2.75) is 26.5 Å².